The number of carbonyl (C=O) groups excluding carboxylic acids is 1. The van der Waals surface area contributed by atoms with Gasteiger partial charge in [0.2, 0.25) is 0 Å². The van der Waals surface area contributed by atoms with Gasteiger partial charge in [0, 0.05) is 11.4 Å². The first-order valence-corrected chi connectivity index (χ1v) is 6.81. The van der Waals surface area contributed by atoms with Crippen molar-refractivity contribution in [2.24, 2.45) is 0 Å². The van der Waals surface area contributed by atoms with Crippen LogP contribution in [-0.2, 0) is 0 Å². The molecular weight excluding hydrogens is 252 g/mol. The Morgan fingerprint density at radius 1 is 1.40 bits per heavy atom. The van der Waals surface area contributed by atoms with E-state index in [1.807, 2.05) is 45.0 Å². The zero-order chi connectivity index (χ0) is 14.7. The second-order valence-electron chi connectivity index (χ2n) is 4.96. The molecule has 20 heavy (non-hydrogen) atoms. The molecule has 0 saturated carbocycles. The van der Waals surface area contributed by atoms with Crippen LogP contribution in [0, 0.1) is 6.92 Å². The van der Waals surface area contributed by atoms with Gasteiger partial charge in [0.25, 0.3) is 5.91 Å². The van der Waals surface area contributed by atoms with Crippen molar-refractivity contribution < 1.29 is 9.53 Å². The van der Waals surface area contributed by atoms with Crippen molar-refractivity contribution in [3.05, 3.63) is 35.5 Å². The first-order chi connectivity index (χ1) is 9.55. The number of carbonyl (C=O) groups is 1. The van der Waals surface area contributed by atoms with Gasteiger partial charge in [0.15, 0.2) is 0 Å². The number of benzene rings is 1. The molecule has 0 unspecified atom stereocenters. The Morgan fingerprint density at radius 2 is 2.15 bits per heavy atom. The van der Waals surface area contributed by atoms with E-state index in [0.29, 0.717) is 5.56 Å². The molecule has 1 N–H and O–H groups in total. The van der Waals surface area contributed by atoms with E-state index < -0.39 is 0 Å². The number of methoxy groups -OCH3 is 1. The molecule has 106 valence electrons. The summed E-state index contributed by atoms with van der Waals surface area (Å²) in [5.74, 6) is 0.686. The summed E-state index contributed by atoms with van der Waals surface area (Å²) in [6, 6.07) is 7.69. The maximum atomic E-state index is 12.3. The Kier molecular flexibility index (Phi) is 4.23. The third kappa shape index (κ3) is 2.90. The van der Waals surface area contributed by atoms with Crippen molar-refractivity contribution >= 4 is 16.8 Å². The van der Waals surface area contributed by atoms with E-state index in [1.165, 1.54) is 0 Å². The van der Waals surface area contributed by atoms with Crippen molar-refractivity contribution in [3.8, 4) is 5.75 Å². The number of aryl methyl sites for hydroxylation is 1. The summed E-state index contributed by atoms with van der Waals surface area (Å²) < 4.78 is 5.21. The molecule has 2 aromatic rings. The lowest BCUT2D eigenvalue weighted by Crippen LogP contribution is -2.32. The van der Waals surface area contributed by atoms with E-state index in [9.17, 15) is 4.79 Å². The Hall–Kier alpha value is -2.10. The Labute approximate surface area is 119 Å². The predicted molar refractivity (Wildman–Crippen MR) is 80.3 cm³/mol. The first-order valence-electron chi connectivity index (χ1n) is 6.81. The number of aromatic nitrogens is 1. The van der Waals surface area contributed by atoms with Crippen LogP contribution in [0.15, 0.2) is 24.3 Å². The number of ether oxygens (including phenoxy) is 1. The topological polar surface area (TPSA) is 51.2 Å². The van der Waals surface area contributed by atoms with Crippen LogP contribution in [0.5, 0.6) is 5.75 Å². The maximum Gasteiger partial charge on any atom is 0.253 e. The molecule has 0 aliphatic carbocycles. The number of rotatable bonds is 4. The van der Waals surface area contributed by atoms with Gasteiger partial charge in [-0.15, -0.1) is 0 Å². The number of nitrogens with zero attached hydrogens (tertiary/aromatic N) is 1. The highest BCUT2D eigenvalue weighted by atomic mass is 16.5. The fourth-order valence-electron chi connectivity index (χ4n) is 2.01. The molecule has 1 atom stereocenters. The quantitative estimate of drug-likeness (QED) is 0.930. The molecule has 0 radical (unpaired) electrons. The van der Waals surface area contributed by atoms with Gasteiger partial charge in [-0.3, -0.25) is 9.78 Å². The monoisotopic (exact) mass is 272 g/mol. The molecular formula is C16H20N2O2. The van der Waals surface area contributed by atoms with Crippen LogP contribution < -0.4 is 10.1 Å². The molecule has 0 aliphatic rings. The molecule has 1 amide bonds. The van der Waals surface area contributed by atoms with Crippen LogP contribution in [0.25, 0.3) is 10.9 Å². The summed E-state index contributed by atoms with van der Waals surface area (Å²) in [6.07, 6.45) is 0.902. The molecule has 4 nitrogen and oxygen atoms in total. The molecule has 4 heteroatoms. The number of hydrogen-bond donors (Lipinski definition) is 1. The summed E-state index contributed by atoms with van der Waals surface area (Å²) in [5.41, 5.74) is 2.22. The van der Waals surface area contributed by atoms with E-state index in [2.05, 4.69) is 10.3 Å². The van der Waals surface area contributed by atoms with Gasteiger partial charge in [-0.2, -0.15) is 0 Å². The van der Waals surface area contributed by atoms with Crippen LogP contribution in [0.3, 0.4) is 0 Å². The number of pyridine rings is 1. The average molecular weight is 272 g/mol. The van der Waals surface area contributed by atoms with Crippen LogP contribution >= 0.6 is 0 Å². The highest BCUT2D eigenvalue weighted by Gasteiger charge is 2.13. The third-order valence-electron chi connectivity index (χ3n) is 3.45. The summed E-state index contributed by atoms with van der Waals surface area (Å²) in [7, 11) is 1.62. The van der Waals surface area contributed by atoms with Crippen molar-refractivity contribution in [3.63, 3.8) is 0 Å². The lowest BCUT2D eigenvalue weighted by molar-refractivity contribution is 0.0938. The molecule has 0 aliphatic heterocycles. The van der Waals surface area contributed by atoms with E-state index >= 15 is 0 Å². The van der Waals surface area contributed by atoms with Gasteiger partial charge < -0.3 is 10.1 Å². The van der Waals surface area contributed by atoms with Gasteiger partial charge in [-0.25, -0.2) is 0 Å². The van der Waals surface area contributed by atoms with Crippen molar-refractivity contribution in [1.29, 1.82) is 0 Å². The largest absolute Gasteiger partial charge is 0.497 e. The normalized spacial score (nSPS) is 12.2. The number of nitrogens with one attached hydrogen (secondary N) is 1. The lowest BCUT2D eigenvalue weighted by atomic mass is 10.1. The molecule has 0 fully saturated rings. The smallest absolute Gasteiger partial charge is 0.253 e. The molecule has 0 saturated heterocycles. The van der Waals surface area contributed by atoms with Crippen molar-refractivity contribution in [1.82, 2.24) is 10.3 Å². The standard InChI is InChI=1S/C16H20N2O2/c1-5-10(2)17-16(19)14-9-12-8-13(20-4)6-7-15(12)18-11(14)3/h6-10H,5H2,1-4H3,(H,17,19)/t10-/m1/s1. The number of fused-ring (bicyclic) bond motifs is 1. The summed E-state index contributed by atoms with van der Waals surface area (Å²) in [5, 5.41) is 3.88. The minimum atomic E-state index is -0.0749. The summed E-state index contributed by atoms with van der Waals surface area (Å²) >= 11 is 0. The highest BCUT2D eigenvalue weighted by Crippen LogP contribution is 2.22. The van der Waals surface area contributed by atoms with Crippen LogP contribution in [0.4, 0.5) is 0 Å². The van der Waals surface area contributed by atoms with Gasteiger partial charge in [-0.05, 0) is 44.5 Å². The van der Waals surface area contributed by atoms with Gasteiger partial charge in [0.1, 0.15) is 5.75 Å². The lowest BCUT2D eigenvalue weighted by Gasteiger charge is -2.13. The molecule has 1 aromatic heterocycles. The zero-order valence-corrected chi connectivity index (χ0v) is 12.4. The molecule has 1 aromatic carbocycles. The van der Waals surface area contributed by atoms with E-state index in [1.54, 1.807) is 7.11 Å². The van der Waals surface area contributed by atoms with Crippen molar-refractivity contribution in [2.45, 2.75) is 33.2 Å². The predicted octanol–water partition coefficient (Wildman–Crippen LogP) is 3.08. The first kappa shape index (κ1) is 14.3. The fourth-order valence-corrected chi connectivity index (χ4v) is 2.01. The summed E-state index contributed by atoms with van der Waals surface area (Å²) in [6.45, 7) is 5.89. The van der Waals surface area contributed by atoms with E-state index in [4.69, 9.17) is 4.74 Å². The van der Waals surface area contributed by atoms with Gasteiger partial charge in [-0.1, -0.05) is 6.92 Å². The van der Waals surface area contributed by atoms with Gasteiger partial charge >= 0.3 is 0 Å². The van der Waals surface area contributed by atoms with E-state index in [0.717, 1.165) is 28.8 Å². The second kappa shape index (κ2) is 5.90. The molecule has 0 bridgehead atoms. The summed E-state index contributed by atoms with van der Waals surface area (Å²) in [4.78, 5) is 16.7. The molecule has 2 rings (SSSR count). The Bertz CT molecular complexity index is 638. The van der Waals surface area contributed by atoms with Crippen LogP contribution in [0.1, 0.15) is 36.3 Å². The zero-order valence-electron chi connectivity index (χ0n) is 12.4. The third-order valence-corrected chi connectivity index (χ3v) is 3.45. The second-order valence-corrected chi connectivity index (χ2v) is 4.96. The van der Waals surface area contributed by atoms with Crippen molar-refractivity contribution in [2.75, 3.05) is 7.11 Å². The highest BCUT2D eigenvalue weighted by molar-refractivity contribution is 5.98. The molecule has 0 spiro atoms. The van der Waals surface area contributed by atoms with Gasteiger partial charge in [0.05, 0.1) is 23.9 Å². The SMILES string of the molecule is CC[C@@H](C)NC(=O)c1cc2cc(OC)ccc2nc1C. The average Bonchev–Trinajstić information content (AvgIpc) is 2.45. The Morgan fingerprint density at radius 3 is 2.80 bits per heavy atom. The minimum absolute atomic E-state index is 0.0749. The maximum absolute atomic E-state index is 12.3. The number of hydrogen-bond acceptors (Lipinski definition) is 3. The van der Waals surface area contributed by atoms with Crippen LogP contribution in [0.2, 0.25) is 0 Å². The minimum Gasteiger partial charge on any atom is -0.497 e. The molecule has 1 heterocycles. The Balaban J connectivity index is 2.42. The fraction of sp³-hybridized carbons (Fsp3) is 0.375. The van der Waals surface area contributed by atoms with Crippen LogP contribution in [-0.4, -0.2) is 24.0 Å². The van der Waals surface area contributed by atoms with E-state index in [-0.39, 0.29) is 11.9 Å². The number of amides is 1.